The summed E-state index contributed by atoms with van der Waals surface area (Å²) in [5.74, 6) is -0.760. The van der Waals surface area contributed by atoms with Crippen LogP contribution in [0.15, 0.2) is 24.0 Å². The van der Waals surface area contributed by atoms with Gasteiger partial charge in [-0.1, -0.05) is 6.08 Å². The van der Waals surface area contributed by atoms with E-state index >= 15 is 0 Å². The molecule has 2 aliphatic heterocycles. The molecule has 8 heteroatoms. The molecule has 1 saturated heterocycles. The van der Waals surface area contributed by atoms with Crippen LogP contribution in [0.2, 0.25) is 0 Å². The monoisotopic (exact) mass is 330 g/mol. The Morgan fingerprint density at radius 1 is 0.957 bits per heavy atom. The van der Waals surface area contributed by atoms with Gasteiger partial charge in [0.25, 0.3) is 0 Å². The molecule has 0 amide bonds. The maximum atomic E-state index is 10.3. The first kappa shape index (κ1) is 16.8. The van der Waals surface area contributed by atoms with Crippen molar-refractivity contribution in [3.05, 3.63) is 24.0 Å². The van der Waals surface area contributed by atoms with Gasteiger partial charge in [0, 0.05) is 11.8 Å². The van der Waals surface area contributed by atoms with Gasteiger partial charge in [0.15, 0.2) is 0 Å². The van der Waals surface area contributed by atoms with Crippen LogP contribution in [0.5, 0.6) is 0 Å². The Morgan fingerprint density at radius 3 is 2.35 bits per heavy atom. The molecule has 1 fully saturated rings. The van der Waals surface area contributed by atoms with Gasteiger partial charge in [-0.3, -0.25) is 0 Å². The number of aliphatic hydroxyl groups is 6. The minimum atomic E-state index is -1.49. The van der Waals surface area contributed by atoms with Gasteiger partial charge in [0.2, 0.25) is 0 Å². The van der Waals surface area contributed by atoms with Crippen LogP contribution in [0.3, 0.4) is 0 Å². The van der Waals surface area contributed by atoms with Gasteiger partial charge in [-0.05, 0) is 11.6 Å². The normalized spacial score (nSPS) is 49.5. The number of aliphatic hydroxyl groups excluding tert-OH is 6. The summed E-state index contributed by atoms with van der Waals surface area (Å²) >= 11 is 0. The van der Waals surface area contributed by atoms with Gasteiger partial charge in [0.1, 0.15) is 36.6 Å². The maximum Gasteiger partial charge on any atom is 0.134 e. The van der Waals surface area contributed by atoms with Crippen LogP contribution >= 0.6 is 0 Å². The van der Waals surface area contributed by atoms with E-state index in [9.17, 15) is 30.6 Å². The van der Waals surface area contributed by atoms with Crippen LogP contribution in [0.25, 0.3) is 0 Å². The van der Waals surface area contributed by atoms with Gasteiger partial charge >= 0.3 is 0 Å². The van der Waals surface area contributed by atoms with Crippen molar-refractivity contribution in [2.24, 2.45) is 11.8 Å². The Labute approximate surface area is 132 Å². The maximum absolute atomic E-state index is 10.3. The fourth-order valence-corrected chi connectivity index (χ4v) is 3.72. The third kappa shape index (κ3) is 2.70. The second-order valence-electron chi connectivity index (χ2n) is 6.22. The molecule has 9 atom stereocenters. The lowest BCUT2D eigenvalue weighted by Crippen LogP contribution is -2.63. The summed E-state index contributed by atoms with van der Waals surface area (Å²) in [5.41, 5.74) is 0.564. The summed E-state index contributed by atoms with van der Waals surface area (Å²) in [4.78, 5) is 0. The highest BCUT2D eigenvalue weighted by Gasteiger charge is 2.53. The third-order valence-corrected chi connectivity index (χ3v) is 4.95. The Kier molecular flexibility index (Phi) is 4.75. The van der Waals surface area contributed by atoms with E-state index in [-0.39, 0.29) is 12.5 Å². The van der Waals surface area contributed by atoms with E-state index in [1.165, 1.54) is 6.26 Å². The number of hydrogen-bond donors (Lipinski definition) is 6. The first-order valence-corrected chi connectivity index (χ1v) is 7.61. The SMILES string of the molecule is OCC1=C[C@@H](O)[C@@H]2C=CO[C@H]([C@H]3O[C@@H](CO)[C@@H](O)[C@@H](O)[C@H]3O)[C@H]12. The molecule has 2 heterocycles. The first-order valence-electron chi connectivity index (χ1n) is 7.61. The van der Waals surface area contributed by atoms with Crippen LogP contribution in [-0.4, -0.2) is 86.6 Å². The Hall–Kier alpha value is -1.00. The zero-order valence-corrected chi connectivity index (χ0v) is 12.3. The topological polar surface area (TPSA) is 140 Å². The summed E-state index contributed by atoms with van der Waals surface area (Å²) in [6, 6.07) is 0. The van der Waals surface area contributed by atoms with Gasteiger partial charge in [0.05, 0.1) is 25.6 Å². The molecule has 130 valence electrons. The molecule has 3 rings (SSSR count). The lowest BCUT2D eigenvalue weighted by atomic mass is 9.78. The lowest BCUT2D eigenvalue weighted by Gasteiger charge is -2.46. The van der Waals surface area contributed by atoms with E-state index < -0.39 is 55.3 Å². The largest absolute Gasteiger partial charge is 0.495 e. The van der Waals surface area contributed by atoms with Crippen LogP contribution < -0.4 is 0 Å². The lowest BCUT2D eigenvalue weighted by molar-refractivity contribution is -0.255. The third-order valence-electron chi connectivity index (χ3n) is 4.95. The average molecular weight is 330 g/mol. The van der Waals surface area contributed by atoms with Crippen molar-refractivity contribution in [2.45, 2.75) is 42.7 Å². The van der Waals surface area contributed by atoms with E-state index in [1.807, 2.05) is 0 Å². The predicted molar refractivity (Wildman–Crippen MR) is 75.9 cm³/mol. The second-order valence-corrected chi connectivity index (χ2v) is 6.22. The van der Waals surface area contributed by atoms with Crippen molar-refractivity contribution in [3.8, 4) is 0 Å². The first-order chi connectivity index (χ1) is 11.0. The standard InChI is InChI=1S/C15H22O8/c16-4-6-3-8(18)7-1-2-22-14(10(6)7)15-13(21)12(20)11(19)9(5-17)23-15/h1-3,7-21H,4-5H2/t7-,8+,9-,10+,11+,12+,13+,14-,15-/m0/s1. The summed E-state index contributed by atoms with van der Waals surface area (Å²) in [5, 5.41) is 58.9. The minimum Gasteiger partial charge on any atom is -0.495 e. The molecular weight excluding hydrogens is 308 g/mol. The molecule has 0 saturated carbocycles. The fourth-order valence-electron chi connectivity index (χ4n) is 3.72. The molecule has 0 unspecified atom stereocenters. The van der Waals surface area contributed by atoms with Crippen LogP contribution in [0, 0.1) is 11.8 Å². The van der Waals surface area contributed by atoms with Crippen molar-refractivity contribution < 1.29 is 40.1 Å². The molecule has 0 spiro atoms. The molecule has 0 radical (unpaired) electrons. The minimum absolute atomic E-state index is 0.274. The van der Waals surface area contributed by atoms with Gasteiger partial charge < -0.3 is 40.1 Å². The molecule has 0 bridgehead atoms. The summed E-state index contributed by atoms with van der Waals surface area (Å²) < 4.78 is 11.1. The molecule has 0 aromatic heterocycles. The highest BCUT2D eigenvalue weighted by Crippen LogP contribution is 2.42. The van der Waals surface area contributed by atoms with Crippen LogP contribution in [-0.2, 0) is 9.47 Å². The second kappa shape index (κ2) is 6.48. The zero-order valence-electron chi connectivity index (χ0n) is 12.3. The predicted octanol–water partition coefficient (Wildman–Crippen LogP) is -2.73. The number of rotatable bonds is 3. The van der Waals surface area contributed by atoms with Gasteiger partial charge in [-0.2, -0.15) is 0 Å². The Balaban J connectivity index is 1.88. The Bertz CT molecular complexity index is 490. The Morgan fingerprint density at radius 2 is 1.70 bits per heavy atom. The average Bonchev–Trinajstić information content (AvgIpc) is 2.90. The fraction of sp³-hybridized carbons (Fsp3) is 0.733. The van der Waals surface area contributed by atoms with E-state index in [2.05, 4.69) is 0 Å². The van der Waals surface area contributed by atoms with E-state index in [1.54, 1.807) is 12.2 Å². The summed E-state index contributed by atoms with van der Waals surface area (Å²) in [6.07, 6.45) is -3.35. The van der Waals surface area contributed by atoms with Gasteiger partial charge in [-0.15, -0.1) is 0 Å². The van der Waals surface area contributed by atoms with Gasteiger partial charge in [-0.25, -0.2) is 0 Å². The van der Waals surface area contributed by atoms with Crippen molar-refractivity contribution in [2.75, 3.05) is 13.2 Å². The van der Waals surface area contributed by atoms with E-state index in [0.29, 0.717) is 5.57 Å². The van der Waals surface area contributed by atoms with Crippen molar-refractivity contribution in [1.82, 2.24) is 0 Å². The highest BCUT2D eigenvalue weighted by molar-refractivity contribution is 5.27. The number of hydrogen-bond acceptors (Lipinski definition) is 8. The molecule has 8 nitrogen and oxygen atoms in total. The molecule has 3 aliphatic rings. The smallest absolute Gasteiger partial charge is 0.134 e. The van der Waals surface area contributed by atoms with E-state index in [4.69, 9.17) is 9.47 Å². The molecule has 23 heavy (non-hydrogen) atoms. The van der Waals surface area contributed by atoms with Crippen LogP contribution in [0.4, 0.5) is 0 Å². The van der Waals surface area contributed by atoms with E-state index in [0.717, 1.165) is 0 Å². The van der Waals surface area contributed by atoms with Crippen LogP contribution in [0.1, 0.15) is 0 Å². The molecule has 0 aromatic carbocycles. The van der Waals surface area contributed by atoms with Crippen molar-refractivity contribution in [1.29, 1.82) is 0 Å². The molecule has 0 aromatic rings. The zero-order chi connectivity index (χ0) is 16.7. The number of fused-ring (bicyclic) bond motifs is 1. The highest BCUT2D eigenvalue weighted by atomic mass is 16.6. The van der Waals surface area contributed by atoms with Crippen molar-refractivity contribution in [3.63, 3.8) is 0 Å². The molecule has 6 N–H and O–H groups in total. The summed E-state index contributed by atoms with van der Waals surface area (Å²) in [7, 11) is 0. The number of ether oxygens (including phenoxy) is 2. The quantitative estimate of drug-likeness (QED) is 0.307. The molecule has 1 aliphatic carbocycles. The van der Waals surface area contributed by atoms with Crippen molar-refractivity contribution >= 4 is 0 Å². The molecular formula is C15H22O8. The summed E-state index contributed by atoms with van der Waals surface area (Å²) in [6.45, 7) is -0.799.